The predicted octanol–water partition coefficient (Wildman–Crippen LogP) is 0.845. The van der Waals surface area contributed by atoms with Gasteiger partial charge in [-0.1, -0.05) is 5.92 Å². The van der Waals surface area contributed by atoms with Crippen LogP contribution in [0, 0.1) is 25.2 Å². The van der Waals surface area contributed by atoms with Gasteiger partial charge in [-0.2, -0.15) is 0 Å². The van der Waals surface area contributed by atoms with Crippen molar-refractivity contribution >= 4 is 0 Å². The highest BCUT2D eigenvalue weighted by Crippen LogP contribution is 2.32. The number of nitrogens with zero attached hydrogens (tertiary/aromatic N) is 1. The Labute approximate surface area is 101 Å². The molecule has 1 fully saturated rings. The SMILES string of the molecule is C#Cc1c(C)cc2n(c1=O)CC1CNCC2C1. The third kappa shape index (κ3) is 1.52. The van der Waals surface area contributed by atoms with E-state index in [9.17, 15) is 4.79 Å². The van der Waals surface area contributed by atoms with Gasteiger partial charge < -0.3 is 9.88 Å². The molecule has 0 radical (unpaired) electrons. The minimum atomic E-state index is 0.0269. The molecule has 3 heterocycles. The molecule has 2 aliphatic heterocycles. The fourth-order valence-corrected chi connectivity index (χ4v) is 3.15. The van der Waals surface area contributed by atoms with Gasteiger partial charge >= 0.3 is 0 Å². The van der Waals surface area contributed by atoms with E-state index < -0.39 is 0 Å². The molecule has 0 aromatic carbocycles. The van der Waals surface area contributed by atoms with Crippen molar-refractivity contribution in [3.05, 3.63) is 33.2 Å². The van der Waals surface area contributed by atoms with E-state index in [0.717, 1.165) is 30.9 Å². The summed E-state index contributed by atoms with van der Waals surface area (Å²) in [6, 6.07) is 2.10. The summed E-state index contributed by atoms with van der Waals surface area (Å²) in [4.78, 5) is 12.3. The molecule has 0 saturated carbocycles. The van der Waals surface area contributed by atoms with Crippen LogP contribution in [0.25, 0.3) is 0 Å². The second-order valence-corrected chi connectivity index (χ2v) is 5.14. The van der Waals surface area contributed by atoms with Crippen LogP contribution in [-0.2, 0) is 6.54 Å². The van der Waals surface area contributed by atoms with Gasteiger partial charge in [0.2, 0.25) is 0 Å². The second kappa shape index (κ2) is 3.75. The molecule has 1 aromatic heterocycles. The Morgan fingerprint density at radius 3 is 3.12 bits per heavy atom. The monoisotopic (exact) mass is 228 g/mol. The maximum Gasteiger partial charge on any atom is 0.266 e. The van der Waals surface area contributed by atoms with Crippen LogP contribution in [0.5, 0.6) is 0 Å². The average molecular weight is 228 g/mol. The van der Waals surface area contributed by atoms with E-state index in [4.69, 9.17) is 6.42 Å². The molecule has 2 aliphatic rings. The van der Waals surface area contributed by atoms with Gasteiger partial charge in [-0.05, 0) is 37.4 Å². The lowest BCUT2D eigenvalue weighted by Crippen LogP contribution is -2.45. The van der Waals surface area contributed by atoms with Gasteiger partial charge in [0.25, 0.3) is 5.56 Å². The molecule has 0 amide bonds. The van der Waals surface area contributed by atoms with Crippen molar-refractivity contribution in [2.75, 3.05) is 13.1 Å². The van der Waals surface area contributed by atoms with E-state index in [-0.39, 0.29) is 5.56 Å². The Kier molecular flexibility index (Phi) is 2.34. The van der Waals surface area contributed by atoms with Crippen molar-refractivity contribution in [1.29, 1.82) is 0 Å². The molecule has 3 heteroatoms. The first kappa shape index (κ1) is 10.6. The highest BCUT2D eigenvalue weighted by molar-refractivity contribution is 5.40. The number of hydrogen-bond donors (Lipinski definition) is 1. The summed E-state index contributed by atoms with van der Waals surface area (Å²) in [5.74, 6) is 3.58. The Hall–Kier alpha value is -1.53. The molecule has 17 heavy (non-hydrogen) atoms. The summed E-state index contributed by atoms with van der Waals surface area (Å²) in [6.07, 6.45) is 6.62. The van der Waals surface area contributed by atoms with E-state index in [2.05, 4.69) is 17.3 Å². The first-order valence-electron chi connectivity index (χ1n) is 6.12. The number of pyridine rings is 1. The van der Waals surface area contributed by atoms with Crippen LogP contribution in [0.2, 0.25) is 0 Å². The zero-order chi connectivity index (χ0) is 12.0. The number of fused-ring (bicyclic) bond motifs is 4. The minimum Gasteiger partial charge on any atom is -0.316 e. The largest absolute Gasteiger partial charge is 0.316 e. The molecule has 2 unspecified atom stereocenters. The van der Waals surface area contributed by atoms with Crippen LogP contribution in [0.15, 0.2) is 10.9 Å². The highest BCUT2D eigenvalue weighted by atomic mass is 16.1. The van der Waals surface area contributed by atoms with Gasteiger partial charge in [0.05, 0.1) is 5.56 Å². The molecule has 0 spiro atoms. The topological polar surface area (TPSA) is 34.0 Å². The van der Waals surface area contributed by atoms with E-state index >= 15 is 0 Å². The van der Waals surface area contributed by atoms with Gasteiger partial charge in [-0.15, -0.1) is 6.42 Å². The van der Waals surface area contributed by atoms with E-state index in [1.165, 1.54) is 6.42 Å². The summed E-state index contributed by atoms with van der Waals surface area (Å²) in [5, 5.41) is 3.44. The van der Waals surface area contributed by atoms with E-state index in [0.29, 0.717) is 17.4 Å². The number of terminal acetylenes is 1. The number of hydrogen-bond acceptors (Lipinski definition) is 2. The molecule has 2 atom stereocenters. The lowest BCUT2D eigenvalue weighted by atomic mass is 9.83. The van der Waals surface area contributed by atoms with Gasteiger partial charge in [0.1, 0.15) is 0 Å². The summed E-state index contributed by atoms with van der Waals surface area (Å²) < 4.78 is 1.90. The molecule has 0 aliphatic carbocycles. The molecule has 3 rings (SSSR count). The zero-order valence-electron chi connectivity index (χ0n) is 9.99. The predicted molar refractivity (Wildman–Crippen MR) is 67.1 cm³/mol. The number of aromatic nitrogens is 1. The van der Waals surface area contributed by atoms with E-state index in [1.54, 1.807) is 0 Å². The third-order valence-electron chi connectivity index (χ3n) is 3.97. The molecular formula is C14H16N2O. The first-order chi connectivity index (χ1) is 8.20. The zero-order valence-corrected chi connectivity index (χ0v) is 9.99. The Morgan fingerprint density at radius 2 is 2.35 bits per heavy atom. The fourth-order valence-electron chi connectivity index (χ4n) is 3.15. The molecule has 1 saturated heterocycles. The maximum atomic E-state index is 12.3. The van der Waals surface area contributed by atoms with Crippen molar-refractivity contribution in [3.8, 4) is 12.3 Å². The second-order valence-electron chi connectivity index (χ2n) is 5.14. The van der Waals surface area contributed by atoms with Crippen LogP contribution >= 0.6 is 0 Å². The molecular weight excluding hydrogens is 212 g/mol. The minimum absolute atomic E-state index is 0.0269. The van der Waals surface area contributed by atoms with Crippen LogP contribution in [0.3, 0.4) is 0 Å². The quantitative estimate of drug-likeness (QED) is 0.668. The number of piperidine rings is 1. The summed E-state index contributed by atoms with van der Waals surface area (Å²) in [6.45, 7) is 4.73. The van der Waals surface area contributed by atoms with Crippen LogP contribution < -0.4 is 10.9 Å². The lowest BCUT2D eigenvalue weighted by Gasteiger charge is -2.37. The summed E-state index contributed by atoms with van der Waals surface area (Å²) >= 11 is 0. The Bertz CT molecular complexity index is 565. The molecule has 1 aromatic rings. The van der Waals surface area contributed by atoms with Crippen molar-refractivity contribution in [1.82, 2.24) is 9.88 Å². The van der Waals surface area contributed by atoms with Gasteiger partial charge in [-0.3, -0.25) is 4.79 Å². The standard InChI is InChI=1S/C14H16N2O/c1-3-12-9(2)4-13-11-5-10(6-15-7-11)8-16(13)14(12)17/h1,4,10-11,15H,5-8H2,2H3. The summed E-state index contributed by atoms with van der Waals surface area (Å²) in [5.41, 5.74) is 2.66. The third-order valence-corrected chi connectivity index (χ3v) is 3.97. The number of nitrogens with one attached hydrogen (secondary N) is 1. The fraction of sp³-hybridized carbons (Fsp3) is 0.500. The van der Waals surface area contributed by atoms with Crippen molar-refractivity contribution in [3.63, 3.8) is 0 Å². The van der Waals surface area contributed by atoms with Gasteiger partial charge in [0.15, 0.2) is 0 Å². The molecule has 3 nitrogen and oxygen atoms in total. The van der Waals surface area contributed by atoms with Gasteiger partial charge in [0, 0.05) is 24.7 Å². The lowest BCUT2D eigenvalue weighted by molar-refractivity contribution is 0.257. The van der Waals surface area contributed by atoms with E-state index in [1.807, 2.05) is 11.5 Å². The molecule has 2 bridgehead atoms. The first-order valence-corrected chi connectivity index (χ1v) is 6.12. The Balaban J connectivity index is 2.23. The van der Waals surface area contributed by atoms with Crippen LogP contribution in [0.1, 0.15) is 29.2 Å². The average Bonchev–Trinajstić information content (AvgIpc) is 2.32. The van der Waals surface area contributed by atoms with Gasteiger partial charge in [-0.25, -0.2) is 0 Å². The number of rotatable bonds is 0. The number of aryl methyl sites for hydroxylation is 1. The van der Waals surface area contributed by atoms with Crippen molar-refractivity contribution < 1.29 is 0 Å². The van der Waals surface area contributed by atoms with Crippen LogP contribution in [0.4, 0.5) is 0 Å². The molecule has 1 N–H and O–H groups in total. The Morgan fingerprint density at radius 1 is 1.53 bits per heavy atom. The summed E-state index contributed by atoms with van der Waals surface area (Å²) in [7, 11) is 0. The molecule has 88 valence electrons. The normalized spacial score (nSPS) is 26.1. The van der Waals surface area contributed by atoms with Crippen molar-refractivity contribution in [2.45, 2.75) is 25.8 Å². The maximum absolute atomic E-state index is 12.3. The van der Waals surface area contributed by atoms with Crippen LogP contribution in [-0.4, -0.2) is 17.7 Å². The highest BCUT2D eigenvalue weighted by Gasteiger charge is 2.31. The van der Waals surface area contributed by atoms with Crippen molar-refractivity contribution in [2.24, 2.45) is 5.92 Å². The smallest absolute Gasteiger partial charge is 0.266 e.